The van der Waals surface area contributed by atoms with Crippen molar-refractivity contribution in [2.45, 2.75) is 71.9 Å². The monoisotopic (exact) mass is 370 g/mol. The lowest BCUT2D eigenvalue weighted by Gasteiger charge is -2.41. The van der Waals surface area contributed by atoms with Gasteiger partial charge in [0.1, 0.15) is 17.3 Å². The maximum Gasteiger partial charge on any atom is 0.272 e. The zero-order chi connectivity index (χ0) is 19.0. The standard InChI is InChI=1S/C20H30N6O/c1-4-26-16(6-11-21-26)19(27)24-12-8-20(9-13-24)7-5-17-22-23-18(15(2)3)25(17)14-10-20/h6,11,15H,4-5,7-10,12-14H2,1-3H3. The summed E-state index contributed by atoms with van der Waals surface area (Å²) in [6.45, 7) is 9.79. The van der Waals surface area contributed by atoms with Crippen molar-refractivity contribution in [2.24, 2.45) is 5.41 Å². The molecule has 1 fully saturated rings. The number of amides is 1. The molecule has 1 amide bonds. The van der Waals surface area contributed by atoms with Gasteiger partial charge in [-0.1, -0.05) is 13.8 Å². The van der Waals surface area contributed by atoms with Crippen LogP contribution in [-0.2, 0) is 19.5 Å². The molecule has 1 spiro atoms. The number of aromatic nitrogens is 5. The van der Waals surface area contributed by atoms with Crippen molar-refractivity contribution in [3.63, 3.8) is 0 Å². The smallest absolute Gasteiger partial charge is 0.272 e. The Hall–Kier alpha value is -2.18. The van der Waals surface area contributed by atoms with E-state index in [4.69, 9.17) is 0 Å². The van der Waals surface area contributed by atoms with Crippen LogP contribution in [0.15, 0.2) is 12.3 Å². The van der Waals surface area contributed by atoms with Gasteiger partial charge in [0.2, 0.25) is 0 Å². The van der Waals surface area contributed by atoms with Crippen LogP contribution < -0.4 is 0 Å². The van der Waals surface area contributed by atoms with Gasteiger partial charge >= 0.3 is 0 Å². The summed E-state index contributed by atoms with van der Waals surface area (Å²) in [4.78, 5) is 14.9. The second-order valence-electron chi connectivity index (χ2n) is 8.36. The number of nitrogens with zero attached hydrogens (tertiary/aromatic N) is 6. The maximum absolute atomic E-state index is 12.9. The molecule has 4 heterocycles. The Morgan fingerprint density at radius 2 is 1.89 bits per heavy atom. The quantitative estimate of drug-likeness (QED) is 0.833. The van der Waals surface area contributed by atoms with Gasteiger partial charge in [-0.05, 0) is 44.1 Å². The Balaban J connectivity index is 1.42. The van der Waals surface area contributed by atoms with Crippen molar-refractivity contribution >= 4 is 5.91 Å². The van der Waals surface area contributed by atoms with Crippen molar-refractivity contribution in [1.82, 2.24) is 29.4 Å². The summed E-state index contributed by atoms with van der Waals surface area (Å²) in [6, 6.07) is 1.83. The van der Waals surface area contributed by atoms with Gasteiger partial charge in [-0.2, -0.15) is 5.10 Å². The van der Waals surface area contributed by atoms with Gasteiger partial charge in [-0.3, -0.25) is 9.48 Å². The first kappa shape index (κ1) is 18.2. The minimum atomic E-state index is 0.122. The molecule has 0 aromatic carbocycles. The molecular formula is C20H30N6O. The summed E-state index contributed by atoms with van der Waals surface area (Å²) in [6.07, 6.45) is 7.18. The summed E-state index contributed by atoms with van der Waals surface area (Å²) in [7, 11) is 0. The van der Waals surface area contributed by atoms with Gasteiger partial charge < -0.3 is 9.47 Å². The van der Waals surface area contributed by atoms with Crippen molar-refractivity contribution in [3.05, 3.63) is 29.6 Å². The molecule has 0 unspecified atom stereocenters. The van der Waals surface area contributed by atoms with Crippen LogP contribution in [-0.4, -0.2) is 48.4 Å². The highest BCUT2D eigenvalue weighted by Crippen LogP contribution is 2.42. The Morgan fingerprint density at radius 3 is 2.59 bits per heavy atom. The number of rotatable bonds is 3. The molecule has 146 valence electrons. The molecule has 0 radical (unpaired) electrons. The largest absolute Gasteiger partial charge is 0.337 e. The molecule has 1 saturated heterocycles. The van der Waals surface area contributed by atoms with Gasteiger partial charge in [0.15, 0.2) is 0 Å². The second-order valence-corrected chi connectivity index (χ2v) is 8.36. The highest BCUT2D eigenvalue weighted by Gasteiger charge is 2.38. The zero-order valence-corrected chi connectivity index (χ0v) is 16.7. The van der Waals surface area contributed by atoms with E-state index < -0.39 is 0 Å². The third kappa shape index (κ3) is 3.28. The van der Waals surface area contributed by atoms with Crippen LogP contribution in [0.5, 0.6) is 0 Å². The first-order valence-electron chi connectivity index (χ1n) is 10.3. The normalized spacial score (nSPS) is 19.3. The number of carbonyl (C=O) groups excluding carboxylic acids is 1. The lowest BCUT2D eigenvalue weighted by atomic mass is 9.72. The van der Waals surface area contributed by atoms with E-state index in [0.29, 0.717) is 17.0 Å². The average molecular weight is 371 g/mol. The van der Waals surface area contributed by atoms with E-state index in [2.05, 4.69) is 33.7 Å². The van der Waals surface area contributed by atoms with Crippen molar-refractivity contribution in [3.8, 4) is 0 Å². The van der Waals surface area contributed by atoms with Gasteiger partial charge in [-0.25, -0.2) is 0 Å². The first-order valence-corrected chi connectivity index (χ1v) is 10.3. The Labute approximate surface area is 160 Å². The maximum atomic E-state index is 12.9. The van der Waals surface area contributed by atoms with Crippen LogP contribution in [0.25, 0.3) is 0 Å². The van der Waals surface area contributed by atoms with Crippen molar-refractivity contribution in [2.75, 3.05) is 13.1 Å². The van der Waals surface area contributed by atoms with Gasteiger partial charge in [-0.15, -0.1) is 10.2 Å². The molecule has 7 heteroatoms. The lowest BCUT2D eigenvalue weighted by molar-refractivity contribution is 0.0524. The van der Waals surface area contributed by atoms with E-state index in [-0.39, 0.29) is 5.91 Å². The van der Waals surface area contributed by atoms with Crippen LogP contribution in [0.1, 0.15) is 74.5 Å². The van der Waals surface area contributed by atoms with Gasteiger partial charge in [0.25, 0.3) is 5.91 Å². The van der Waals surface area contributed by atoms with Crippen LogP contribution in [0, 0.1) is 5.41 Å². The second kappa shape index (κ2) is 7.09. The molecule has 0 N–H and O–H groups in total. The number of hydrogen-bond acceptors (Lipinski definition) is 4. The summed E-state index contributed by atoms with van der Waals surface area (Å²) in [5, 5.41) is 13.1. The molecule has 0 aliphatic carbocycles. The van der Waals surface area contributed by atoms with Gasteiger partial charge in [0, 0.05) is 44.7 Å². The Kier molecular flexibility index (Phi) is 4.78. The topological polar surface area (TPSA) is 68.8 Å². The number of aryl methyl sites for hydroxylation is 2. The molecule has 0 saturated carbocycles. The molecule has 2 aliphatic rings. The Bertz CT molecular complexity index is 812. The van der Waals surface area contributed by atoms with Crippen molar-refractivity contribution < 1.29 is 4.79 Å². The SMILES string of the molecule is CCn1nccc1C(=O)N1CCC2(CCc3nnc(C(C)C)n3CC2)CC1. The molecule has 7 nitrogen and oxygen atoms in total. The predicted molar refractivity (Wildman–Crippen MR) is 103 cm³/mol. The minimum absolute atomic E-state index is 0.122. The van der Waals surface area contributed by atoms with E-state index >= 15 is 0 Å². The molecule has 2 aromatic heterocycles. The van der Waals surface area contributed by atoms with Crippen LogP contribution in [0.2, 0.25) is 0 Å². The fraction of sp³-hybridized carbons (Fsp3) is 0.700. The molecule has 0 bridgehead atoms. The van der Waals surface area contributed by atoms with Crippen LogP contribution in [0.3, 0.4) is 0 Å². The van der Waals surface area contributed by atoms with E-state index in [1.54, 1.807) is 10.9 Å². The molecule has 4 rings (SSSR count). The lowest BCUT2D eigenvalue weighted by Crippen LogP contribution is -2.44. The highest BCUT2D eigenvalue weighted by atomic mass is 16.2. The number of hydrogen-bond donors (Lipinski definition) is 0. The molecule has 2 aromatic rings. The minimum Gasteiger partial charge on any atom is -0.337 e. The van der Waals surface area contributed by atoms with Crippen molar-refractivity contribution in [1.29, 1.82) is 0 Å². The Morgan fingerprint density at radius 1 is 1.15 bits per heavy atom. The third-order valence-electron chi connectivity index (χ3n) is 6.46. The number of likely N-dealkylation sites (tertiary alicyclic amines) is 1. The number of piperidine rings is 1. The van der Waals surface area contributed by atoms with E-state index in [1.165, 1.54) is 0 Å². The summed E-state index contributed by atoms with van der Waals surface area (Å²) in [5.74, 6) is 2.78. The molecule has 0 atom stereocenters. The van der Waals surface area contributed by atoms with Gasteiger partial charge in [0.05, 0.1) is 0 Å². The summed E-state index contributed by atoms with van der Waals surface area (Å²) >= 11 is 0. The third-order valence-corrected chi connectivity index (χ3v) is 6.46. The number of carbonyl (C=O) groups is 1. The highest BCUT2D eigenvalue weighted by molar-refractivity contribution is 5.92. The summed E-state index contributed by atoms with van der Waals surface area (Å²) in [5.41, 5.74) is 1.04. The van der Waals surface area contributed by atoms with E-state index in [9.17, 15) is 4.79 Å². The number of fused-ring (bicyclic) bond motifs is 1. The van der Waals surface area contributed by atoms with Crippen LogP contribution >= 0.6 is 0 Å². The average Bonchev–Trinajstić information content (AvgIpc) is 3.28. The fourth-order valence-electron chi connectivity index (χ4n) is 4.67. The summed E-state index contributed by atoms with van der Waals surface area (Å²) < 4.78 is 4.13. The molecular weight excluding hydrogens is 340 g/mol. The van der Waals surface area contributed by atoms with Crippen LogP contribution in [0.4, 0.5) is 0 Å². The predicted octanol–water partition coefficient (Wildman–Crippen LogP) is 2.88. The zero-order valence-electron chi connectivity index (χ0n) is 16.7. The molecule has 27 heavy (non-hydrogen) atoms. The van der Waals surface area contributed by atoms with E-state index in [1.807, 2.05) is 17.9 Å². The van der Waals surface area contributed by atoms with E-state index in [0.717, 1.165) is 69.9 Å². The first-order chi connectivity index (χ1) is 13.0. The molecule has 2 aliphatic heterocycles. The fourth-order valence-corrected chi connectivity index (χ4v) is 4.67.